The van der Waals surface area contributed by atoms with Gasteiger partial charge in [-0.2, -0.15) is 0 Å². The molecule has 0 unspecified atom stereocenters. The monoisotopic (exact) mass is 441 g/mol. The van der Waals surface area contributed by atoms with Crippen molar-refractivity contribution < 1.29 is 9.59 Å². The lowest BCUT2D eigenvalue weighted by Gasteiger charge is -2.13. The number of amides is 2. The Bertz CT molecular complexity index is 869. The van der Waals surface area contributed by atoms with Crippen molar-refractivity contribution in [1.82, 2.24) is 4.90 Å². The fourth-order valence-electron chi connectivity index (χ4n) is 2.19. The second-order valence-corrected chi connectivity index (χ2v) is 7.72. The second kappa shape index (κ2) is 7.31. The first-order valence-corrected chi connectivity index (χ1v) is 9.26. The van der Waals surface area contributed by atoms with E-state index in [9.17, 15) is 9.59 Å². The summed E-state index contributed by atoms with van der Waals surface area (Å²) >= 11 is 16.4. The number of carbonyl (C=O) groups excluding carboxylic acids is 2. The zero-order valence-electron chi connectivity index (χ0n) is 12.1. The third kappa shape index (κ3) is 3.70. The molecule has 7 heteroatoms. The van der Waals surface area contributed by atoms with Gasteiger partial charge >= 0.3 is 0 Å². The largest absolute Gasteiger partial charge is 0.293 e. The number of thioether (sulfide) groups is 1. The topological polar surface area (TPSA) is 37.4 Å². The highest BCUT2D eigenvalue weighted by atomic mass is 79.9. The first-order chi connectivity index (χ1) is 11.5. The lowest BCUT2D eigenvalue weighted by molar-refractivity contribution is -0.123. The van der Waals surface area contributed by atoms with Crippen LogP contribution in [0.1, 0.15) is 11.1 Å². The van der Waals surface area contributed by atoms with E-state index in [2.05, 4.69) is 15.9 Å². The maximum Gasteiger partial charge on any atom is 0.293 e. The quantitative estimate of drug-likeness (QED) is 0.547. The molecule has 0 aromatic heterocycles. The molecule has 1 fully saturated rings. The fraction of sp³-hybridized carbons (Fsp3) is 0.0588. The molecule has 0 atom stereocenters. The van der Waals surface area contributed by atoms with Crippen molar-refractivity contribution in [3.05, 3.63) is 73.0 Å². The molecule has 1 aliphatic rings. The van der Waals surface area contributed by atoms with Crippen LogP contribution in [0.2, 0.25) is 10.0 Å². The molecule has 1 saturated heterocycles. The SMILES string of the molecule is O=C1S/C(=C\c2ccccc2Br)C(=O)N1Cc1ccc(Cl)cc1Cl. The molecule has 0 aliphatic carbocycles. The molecule has 0 saturated carbocycles. The summed E-state index contributed by atoms with van der Waals surface area (Å²) in [7, 11) is 0. The summed E-state index contributed by atoms with van der Waals surface area (Å²) in [6.07, 6.45) is 1.71. The lowest BCUT2D eigenvalue weighted by atomic mass is 10.2. The fourth-order valence-corrected chi connectivity index (χ4v) is 3.89. The molecule has 2 aromatic carbocycles. The number of hydrogen-bond acceptors (Lipinski definition) is 3. The molecule has 0 bridgehead atoms. The van der Waals surface area contributed by atoms with Gasteiger partial charge in [-0.1, -0.05) is 63.4 Å². The molecule has 3 nitrogen and oxygen atoms in total. The van der Waals surface area contributed by atoms with E-state index < -0.39 is 0 Å². The third-order valence-electron chi connectivity index (χ3n) is 3.41. The van der Waals surface area contributed by atoms with Gasteiger partial charge in [0.05, 0.1) is 11.4 Å². The van der Waals surface area contributed by atoms with Crippen molar-refractivity contribution in [3.8, 4) is 0 Å². The standard InChI is InChI=1S/C17H10BrCl2NO2S/c18-13-4-2-1-3-10(13)7-15-16(22)21(17(23)24-15)9-11-5-6-12(19)8-14(11)20/h1-8H,9H2/b15-7-. The summed E-state index contributed by atoms with van der Waals surface area (Å²) in [6, 6.07) is 12.5. The molecule has 3 rings (SSSR count). The molecule has 0 spiro atoms. The number of nitrogens with zero attached hydrogens (tertiary/aromatic N) is 1. The van der Waals surface area contributed by atoms with E-state index in [1.54, 1.807) is 24.3 Å². The summed E-state index contributed by atoms with van der Waals surface area (Å²) in [5.41, 5.74) is 1.51. The molecule has 122 valence electrons. The molecule has 0 radical (unpaired) electrons. The highest BCUT2D eigenvalue weighted by molar-refractivity contribution is 9.10. The first kappa shape index (κ1) is 17.5. The summed E-state index contributed by atoms with van der Waals surface area (Å²) in [4.78, 5) is 26.3. The van der Waals surface area contributed by atoms with Gasteiger partial charge in [-0.15, -0.1) is 0 Å². The predicted octanol–water partition coefficient (Wildman–Crippen LogP) is 5.99. The van der Waals surface area contributed by atoms with Crippen LogP contribution >= 0.6 is 50.9 Å². The minimum absolute atomic E-state index is 0.119. The summed E-state index contributed by atoms with van der Waals surface area (Å²) < 4.78 is 0.859. The number of carbonyl (C=O) groups is 2. The van der Waals surface area contributed by atoms with E-state index in [1.165, 1.54) is 4.90 Å². The molecule has 1 heterocycles. The van der Waals surface area contributed by atoms with Gasteiger partial charge in [0, 0.05) is 14.5 Å². The number of imide groups is 1. The molecule has 1 aliphatic heterocycles. The molecule has 2 aromatic rings. The number of rotatable bonds is 3. The Morgan fingerprint density at radius 3 is 2.58 bits per heavy atom. The zero-order valence-corrected chi connectivity index (χ0v) is 16.0. The van der Waals surface area contributed by atoms with Crippen molar-refractivity contribution >= 4 is 68.1 Å². The van der Waals surface area contributed by atoms with E-state index in [4.69, 9.17) is 23.2 Å². The van der Waals surface area contributed by atoms with Crippen LogP contribution in [0.3, 0.4) is 0 Å². The van der Waals surface area contributed by atoms with Gasteiger partial charge in [-0.25, -0.2) is 0 Å². The molecule has 2 amide bonds. The van der Waals surface area contributed by atoms with Crippen molar-refractivity contribution in [1.29, 1.82) is 0 Å². The minimum atomic E-state index is -0.327. The maximum atomic E-state index is 12.5. The first-order valence-electron chi connectivity index (χ1n) is 6.89. The van der Waals surface area contributed by atoms with Gasteiger partial charge in [0.25, 0.3) is 11.1 Å². The van der Waals surface area contributed by atoms with Gasteiger partial charge in [0.15, 0.2) is 0 Å². The van der Waals surface area contributed by atoms with Gasteiger partial charge in [-0.05, 0) is 47.2 Å². The molecular formula is C17H10BrCl2NO2S. The molecule has 0 N–H and O–H groups in total. The van der Waals surface area contributed by atoms with Crippen LogP contribution in [-0.2, 0) is 11.3 Å². The predicted molar refractivity (Wildman–Crippen MR) is 102 cm³/mol. The average Bonchev–Trinajstić information content (AvgIpc) is 2.79. The van der Waals surface area contributed by atoms with Crippen molar-refractivity contribution in [2.45, 2.75) is 6.54 Å². The van der Waals surface area contributed by atoms with Crippen molar-refractivity contribution in [2.75, 3.05) is 0 Å². The van der Waals surface area contributed by atoms with Gasteiger partial charge in [-0.3, -0.25) is 14.5 Å². The Morgan fingerprint density at radius 2 is 1.88 bits per heavy atom. The Labute approximate surface area is 161 Å². The number of halogens is 3. The van der Waals surface area contributed by atoms with Crippen LogP contribution in [0.15, 0.2) is 51.8 Å². The highest BCUT2D eigenvalue weighted by Gasteiger charge is 2.35. The van der Waals surface area contributed by atoms with Crippen LogP contribution in [0, 0.1) is 0 Å². The van der Waals surface area contributed by atoms with Gasteiger partial charge in [0.2, 0.25) is 0 Å². The van der Waals surface area contributed by atoms with Gasteiger partial charge in [0.1, 0.15) is 0 Å². The zero-order chi connectivity index (χ0) is 17.3. The van der Waals surface area contributed by atoms with Crippen molar-refractivity contribution in [3.63, 3.8) is 0 Å². The lowest BCUT2D eigenvalue weighted by Crippen LogP contribution is -2.27. The normalized spacial score (nSPS) is 16.3. The molecular weight excluding hydrogens is 433 g/mol. The number of benzene rings is 2. The van der Waals surface area contributed by atoms with Crippen LogP contribution in [0.5, 0.6) is 0 Å². The third-order valence-corrected chi connectivity index (χ3v) is 5.63. The van der Waals surface area contributed by atoms with Crippen molar-refractivity contribution in [2.24, 2.45) is 0 Å². The van der Waals surface area contributed by atoms with E-state index in [0.717, 1.165) is 21.8 Å². The van der Waals surface area contributed by atoms with E-state index in [0.29, 0.717) is 20.5 Å². The average molecular weight is 443 g/mol. The Morgan fingerprint density at radius 1 is 1.12 bits per heavy atom. The van der Waals surface area contributed by atoms with E-state index >= 15 is 0 Å². The minimum Gasteiger partial charge on any atom is -0.268 e. The van der Waals surface area contributed by atoms with E-state index in [1.807, 2.05) is 24.3 Å². The summed E-state index contributed by atoms with van der Waals surface area (Å²) in [6.45, 7) is 0.119. The van der Waals surface area contributed by atoms with Crippen LogP contribution in [0.25, 0.3) is 6.08 Å². The van der Waals surface area contributed by atoms with Crippen LogP contribution < -0.4 is 0 Å². The van der Waals surface area contributed by atoms with E-state index in [-0.39, 0.29) is 17.7 Å². The summed E-state index contributed by atoms with van der Waals surface area (Å²) in [5, 5.41) is 0.618. The van der Waals surface area contributed by atoms with Crippen LogP contribution in [0.4, 0.5) is 4.79 Å². The van der Waals surface area contributed by atoms with Crippen LogP contribution in [-0.4, -0.2) is 16.0 Å². The van der Waals surface area contributed by atoms with Gasteiger partial charge < -0.3 is 0 Å². The number of hydrogen-bond donors (Lipinski definition) is 0. The smallest absolute Gasteiger partial charge is 0.268 e. The summed E-state index contributed by atoms with van der Waals surface area (Å²) in [5.74, 6) is -0.327. The Kier molecular flexibility index (Phi) is 5.35. The Balaban J connectivity index is 1.85. The maximum absolute atomic E-state index is 12.5. The Hall–Kier alpha value is -1.27. The molecule has 24 heavy (non-hydrogen) atoms. The highest BCUT2D eigenvalue weighted by Crippen LogP contribution is 2.35. The second-order valence-electron chi connectivity index (χ2n) is 5.03.